The van der Waals surface area contributed by atoms with E-state index < -0.39 is 0 Å². The van der Waals surface area contributed by atoms with E-state index in [2.05, 4.69) is 19.2 Å². The highest BCUT2D eigenvalue weighted by Crippen LogP contribution is 2.24. The van der Waals surface area contributed by atoms with Crippen LogP contribution in [-0.2, 0) is 11.2 Å². The van der Waals surface area contributed by atoms with Crippen LogP contribution in [0.3, 0.4) is 0 Å². The van der Waals surface area contributed by atoms with Crippen molar-refractivity contribution in [3.05, 3.63) is 28.8 Å². The number of ether oxygens (including phenoxy) is 2. The van der Waals surface area contributed by atoms with Crippen LogP contribution in [0.1, 0.15) is 32.8 Å². The lowest BCUT2D eigenvalue weighted by atomic mass is 10.0. The molecule has 1 aromatic rings. The van der Waals surface area contributed by atoms with Crippen molar-refractivity contribution in [3.63, 3.8) is 0 Å². The molecule has 0 fully saturated rings. The minimum absolute atomic E-state index is 0.148. The van der Waals surface area contributed by atoms with Gasteiger partial charge in [0.1, 0.15) is 5.75 Å². The maximum absolute atomic E-state index is 6.10. The van der Waals surface area contributed by atoms with E-state index in [9.17, 15) is 0 Å². The van der Waals surface area contributed by atoms with Crippen LogP contribution in [0.2, 0.25) is 5.02 Å². The maximum Gasteiger partial charge on any atom is 0.122 e. The zero-order valence-corrected chi connectivity index (χ0v) is 13.7. The number of hydrogen-bond donors (Lipinski definition) is 1. The van der Waals surface area contributed by atoms with Gasteiger partial charge in [0.15, 0.2) is 0 Å². The van der Waals surface area contributed by atoms with E-state index in [1.165, 1.54) is 0 Å². The molecule has 1 N–H and O–H groups in total. The zero-order chi connectivity index (χ0) is 15.0. The van der Waals surface area contributed by atoms with Crippen LogP contribution in [0.4, 0.5) is 0 Å². The molecule has 0 saturated carbocycles. The molecule has 1 rings (SSSR count). The van der Waals surface area contributed by atoms with Gasteiger partial charge in [-0.15, -0.1) is 0 Å². The highest BCUT2D eigenvalue weighted by molar-refractivity contribution is 6.30. The molecule has 3 nitrogen and oxygen atoms in total. The van der Waals surface area contributed by atoms with Crippen molar-refractivity contribution in [2.75, 3.05) is 20.3 Å². The molecule has 0 aliphatic carbocycles. The molecule has 0 heterocycles. The molecule has 2 unspecified atom stereocenters. The molecule has 114 valence electrons. The van der Waals surface area contributed by atoms with Crippen molar-refractivity contribution >= 4 is 11.6 Å². The zero-order valence-electron chi connectivity index (χ0n) is 12.9. The summed E-state index contributed by atoms with van der Waals surface area (Å²) in [5.74, 6) is 0.876. The third-order valence-electron chi connectivity index (χ3n) is 3.33. The Hall–Kier alpha value is -0.770. The number of hydrogen-bond acceptors (Lipinski definition) is 3. The first-order chi connectivity index (χ1) is 9.62. The lowest BCUT2D eigenvalue weighted by molar-refractivity contribution is 0.0475. The summed E-state index contributed by atoms with van der Waals surface area (Å²) in [4.78, 5) is 0. The fraction of sp³-hybridized carbons (Fsp3) is 0.625. The Morgan fingerprint density at radius 3 is 2.65 bits per heavy atom. The summed E-state index contributed by atoms with van der Waals surface area (Å²) in [7, 11) is 1.69. The second-order valence-electron chi connectivity index (χ2n) is 4.88. The standard InChI is InChI=1S/C16H26ClNO2/c1-5-9-18-15(12(3)20-6-2)11-13-10-14(17)7-8-16(13)19-4/h7-8,10,12,15,18H,5-6,9,11H2,1-4H3. The summed E-state index contributed by atoms with van der Waals surface area (Å²) < 4.78 is 11.2. The predicted octanol–water partition coefficient (Wildman–Crippen LogP) is 3.68. The average molecular weight is 300 g/mol. The van der Waals surface area contributed by atoms with Gasteiger partial charge in [-0.1, -0.05) is 18.5 Å². The normalized spacial score (nSPS) is 14.1. The summed E-state index contributed by atoms with van der Waals surface area (Å²) in [6.07, 6.45) is 2.09. The van der Waals surface area contributed by atoms with Crippen molar-refractivity contribution in [2.45, 2.75) is 45.8 Å². The van der Waals surface area contributed by atoms with Crippen molar-refractivity contribution < 1.29 is 9.47 Å². The van der Waals surface area contributed by atoms with E-state index in [4.69, 9.17) is 21.1 Å². The van der Waals surface area contributed by atoms with Gasteiger partial charge in [0, 0.05) is 17.7 Å². The second kappa shape index (κ2) is 9.22. The van der Waals surface area contributed by atoms with Gasteiger partial charge < -0.3 is 14.8 Å². The molecule has 4 heteroatoms. The average Bonchev–Trinajstić information content (AvgIpc) is 2.43. The Kier molecular flexibility index (Phi) is 7.97. The molecule has 0 bridgehead atoms. The van der Waals surface area contributed by atoms with Gasteiger partial charge in [-0.25, -0.2) is 0 Å². The Labute approximate surface area is 127 Å². The number of nitrogens with one attached hydrogen (secondary N) is 1. The summed E-state index contributed by atoms with van der Waals surface area (Å²) in [6.45, 7) is 7.99. The van der Waals surface area contributed by atoms with Crippen LogP contribution in [0.25, 0.3) is 0 Å². The Balaban J connectivity index is 2.84. The molecule has 20 heavy (non-hydrogen) atoms. The summed E-state index contributed by atoms with van der Waals surface area (Å²) in [5, 5.41) is 4.28. The van der Waals surface area contributed by atoms with E-state index in [-0.39, 0.29) is 12.1 Å². The number of benzene rings is 1. The fourth-order valence-electron chi connectivity index (χ4n) is 2.26. The van der Waals surface area contributed by atoms with Crippen molar-refractivity contribution in [1.82, 2.24) is 5.32 Å². The van der Waals surface area contributed by atoms with E-state index >= 15 is 0 Å². The van der Waals surface area contributed by atoms with Crippen LogP contribution in [0.5, 0.6) is 5.75 Å². The molecule has 2 atom stereocenters. The highest BCUT2D eigenvalue weighted by Gasteiger charge is 2.19. The smallest absolute Gasteiger partial charge is 0.122 e. The second-order valence-corrected chi connectivity index (χ2v) is 5.32. The minimum atomic E-state index is 0.148. The lowest BCUT2D eigenvalue weighted by Gasteiger charge is -2.26. The largest absolute Gasteiger partial charge is 0.496 e. The molecule has 0 aromatic heterocycles. The van der Waals surface area contributed by atoms with Crippen LogP contribution in [0.15, 0.2) is 18.2 Å². The Morgan fingerprint density at radius 2 is 2.05 bits per heavy atom. The van der Waals surface area contributed by atoms with E-state index in [0.29, 0.717) is 0 Å². The number of halogens is 1. The molecule has 0 aliphatic rings. The van der Waals surface area contributed by atoms with Gasteiger partial charge in [-0.05, 0) is 57.0 Å². The lowest BCUT2D eigenvalue weighted by Crippen LogP contribution is -2.42. The summed E-state index contributed by atoms with van der Waals surface area (Å²) >= 11 is 6.10. The molecule has 0 radical (unpaired) electrons. The maximum atomic E-state index is 6.10. The Bertz CT molecular complexity index is 398. The number of rotatable bonds is 9. The van der Waals surface area contributed by atoms with Gasteiger partial charge >= 0.3 is 0 Å². The van der Waals surface area contributed by atoms with Gasteiger partial charge in [-0.3, -0.25) is 0 Å². The summed E-state index contributed by atoms with van der Waals surface area (Å²) in [6, 6.07) is 5.99. The van der Waals surface area contributed by atoms with Crippen LogP contribution in [-0.4, -0.2) is 32.4 Å². The fourth-order valence-corrected chi connectivity index (χ4v) is 2.45. The van der Waals surface area contributed by atoms with Gasteiger partial charge in [0.25, 0.3) is 0 Å². The third-order valence-corrected chi connectivity index (χ3v) is 3.57. The molecule has 0 spiro atoms. The monoisotopic (exact) mass is 299 g/mol. The van der Waals surface area contributed by atoms with Crippen LogP contribution in [0, 0.1) is 0 Å². The number of methoxy groups -OCH3 is 1. The third kappa shape index (κ3) is 5.31. The first kappa shape index (κ1) is 17.3. The topological polar surface area (TPSA) is 30.5 Å². The molecule has 0 aliphatic heterocycles. The minimum Gasteiger partial charge on any atom is -0.496 e. The van der Waals surface area contributed by atoms with E-state index in [1.54, 1.807) is 7.11 Å². The van der Waals surface area contributed by atoms with Gasteiger partial charge in [0.05, 0.1) is 13.2 Å². The van der Waals surface area contributed by atoms with Gasteiger partial charge in [-0.2, -0.15) is 0 Å². The Morgan fingerprint density at radius 1 is 1.30 bits per heavy atom. The first-order valence-electron chi connectivity index (χ1n) is 7.29. The van der Waals surface area contributed by atoms with Gasteiger partial charge in [0.2, 0.25) is 0 Å². The van der Waals surface area contributed by atoms with Crippen LogP contribution >= 0.6 is 11.6 Å². The molecule has 0 amide bonds. The van der Waals surface area contributed by atoms with Crippen LogP contribution < -0.4 is 10.1 Å². The molecule has 0 saturated heterocycles. The molecule has 1 aromatic carbocycles. The SMILES string of the molecule is CCCNC(Cc1cc(Cl)ccc1OC)C(C)OCC. The quantitative estimate of drug-likeness (QED) is 0.754. The van der Waals surface area contributed by atoms with Crippen molar-refractivity contribution in [3.8, 4) is 5.75 Å². The van der Waals surface area contributed by atoms with E-state index in [1.807, 2.05) is 25.1 Å². The highest BCUT2D eigenvalue weighted by atomic mass is 35.5. The molecular formula is C16H26ClNO2. The van der Waals surface area contributed by atoms with Crippen molar-refractivity contribution in [1.29, 1.82) is 0 Å². The first-order valence-corrected chi connectivity index (χ1v) is 7.67. The summed E-state index contributed by atoms with van der Waals surface area (Å²) in [5.41, 5.74) is 1.11. The van der Waals surface area contributed by atoms with E-state index in [0.717, 1.165) is 42.3 Å². The predicted molar refractivity (Wildman–Crippen MR) is 84.9 cm³/mol. The van der Waals surface area contributed by atoms with Crippen molar-refractivity contribution in [2.24, 2.45) is 0 Å². The molecular weight excluding hydrogens is 274 g/mol.